The van der Waals surface area contributed by atoms with Gasteiger partial charge in [0.1, 0.15) is 0 Å². The van der Waals surface area contributed by atoms with Gasteiger partial charge >= 0.3 is 0 Å². The van der Waals surface area contributed by atoms with E-state index in [1.54, 1.807) is 6.20 Å². The summed E-state index contributed by atoms with van der Waals surface area (Å²) in [5.41, 5.74) is 0. The number of rotatable bonds is 4. The molecule has 0 saturated carbocycles. The van der Waals surface area contributed by atoms with Crippen molar-refractivity contribution < 1.29 is 10.2 Å². The number of hydrogen-bond donors (Lipinski definition) is 2. The Morgan fingerprint density at radius 1 is 1.54 bits per heavy atom. The molecule has 0 aromatic carbocycles. The molecular formula is C8H15ClN2O2. The Kier molecular flexibility index (Phi) is 5.53. The molecule has 4 nitrogen and oxygen atoms in total. The lowest BCUT2D eigenvalue weighted by Crippen LogP contribution is -2.32. The van der Waals surface area contributed by atoms with E-state index in [9.17, 15) is 0 Å². The van der Waals surface area contributed by atoms with Crippen LogP contribution in [-0.4, -0.2) is 45.9 Å². The van der Waals surface area contributed by atoms with Crippen LogP contribution < -0.4 is 0 Å². The van der Waals surface area contributed by atoms with Crippen molar-refractivity contribution in [3.8, 4) is 0 Å². The van der Waals surface area contributed by atoms with Gasteiger partial charge in [0, 0.05) is 18.9 Å². The Morgan fingerprint density at radius 3 is 2.69 bits per heavy atom. The van der Waals surface area contributed by atoms with E-state index < -0.39 is 6.10 Å². The lowest BCUT2D eigenvalue weighted by Gasteiger charge is -2.20. The van der Waals surface area contributed by atoms with E-state index in [-0.39, 0.29) is 19.0 Å². The SMILES string of the molecule is C=CN1C=CN(CC(O)CO)C1.Cl. The summed E-state index contributed by atoms with van der Waals surface area (Å²) >= 11 is 0. The molecule has 0 radical (unpaired) electrons. The molecule has 1 unspecified atom stereocenters. The zero-order valence-corrected chi connectivity index (χ0v) is 8.15. The van der Waals surface area contributed by atoms with Gasteiger partial charge in [-0.3, -0.25) is 0 Å². The van der Waals surface area contributed by atoms with E-state index >= 15 is 0 Å². The van der Waals surface area contributed by atoms with Crippen molar-refractivity contribution in [1.29, 1.82) is 0 Å². The minimum Gasteiger partial charge on any atom is -0.394 e. The van der Waals surface area contributed by atoms with Gasteiger partial charge in [-0.05, 0) is 6.20 Å². The first-order valence-corrected chi connectivity index (χ1v) is 3.86. The van der Waals surface area contributed by atoms with Crippen molar-refractivity contribution in [2.24, 2.45) is 0 Å². The standard InChI is InChI=1S/C8H14N2O2.ClH/c1-2-9-3-4-10(7-9)5-8(12)6-11;/h2-4,8,11-12H,1,5-7H2;1H. The summed E-state index contributed by atoms with van der Waals surface area (Å²) < 4.78 is 0. The molecule has 0 amide bonds. The normalized spacial score (nSPS) is 17.1. The Balaban J connectivity index is 0.00000144. The molecule has 13 heavy (non-hydrogen) atoms. The van der Waals surface area contributed by atoms with Crippen molar-refractivity contribution in [2.45, 2.75) is 6.10 Å². The second-order valence-corrected chi connectivity index (χ2v) is 2.74. The van der Waals surface area contributed by atoms with Gasteiger partial charge in [0.2, 0.25) is 0 Å². The van der Waals surface area contributed by atoms with E-state index in [1.165, 1.54) is 0 Å². The summed E-state index contributed by atoms with van der Waals surface area (Å²) in [5, 5.41) is 17.7. The highest BCUT2D eigenvalue weighted by Gasteiger charge is 2.12. The van der Waals surface area contributed by atoms with Crippen molar-refractivity contribution in [1.82, 2.24) is 9.80 Å². The summed E-state index contributed by atoms with van der Waals surface area (Å²) in [6.07, 6.45) is 4.78. The van der Waals surface area contributed by atoms with Gasteiger partial charge in [0.15, 0.2) is 0 Å². The largest absolute Gasteiger partial charge is 0.394 e. The summed E-state index contributed by atoms with van der Waals surface area (Å²) in [7, 11) is 0. The van der Waals surface area contributed by atoms with E-state index in [4.69, 9.17) is 10.2 Å². The average molecular weight is 207 g/mol. The maximum Gasteiger partial charge on any atom is 0.0945 e. The smallest absolute Gasteiger partial charge is 0.0945 e. The predicted octanol–water partition coefficient (Wildman–Crippen LogP) is -0.0488. The van der Waals surface area contributed by atoms with Crippen LogP contribution in [-0.2, 0) is 0 Å². The van der Waals surface area contributed by atoms with Crippen molar-refractivity contribution in [3.63, 3.8) is 0 Å². The third-order valence-corrected chi connectivity index (χ3v) is 1.70. The summed E-state index contributed by atoms with van der Waals surface area (Å²) in [5.74, 6) is 0. The molecule has 1 aliphatic rings. The summed E-state index contributed by atoms with van der Waals surface area (Å²) in [4.78, 5) is 3.80. The Hall–Kier alpha value is -0.710. The maximum atomic E-state index is 9.11. The predicted molar refractivity (Wildman–Crippen MR) is 53.1 cm³/mol. The highest BCUT2D eigenvalue weighted by atomic mass is 35.5. The summed E-state index contributed by atoms with van der Waals surface area (Å²) in [6.45, 7) is 4.57. The van der Waals surface area contributed by atoms with Crippen LogP contribution in [0.25, 0.3) is 0 Å². The van der Waals surface area contributed by atoms with Gasteiger partial charge in [0.25, 0.3) is 0 Å². The second-order valence-electron chi connectivity index (χ2n) is 2.74. The number of aliphatic hydroxyl groups excluding tert-OH is 2. The second kappa shape index (κ2) is 5.85. The van der Waals surface area contributed by atoms with E-state index in [1.807, 2.05) is 22.2 Å². The molecule has 0 aromatic heterocycles. The van der Waals surface area contributed by atoms with Crippen LogP contribution in [0, 0.1) is 0 Å². The maximum absolute atomic E-state index is 9.11. The zero-order valence-electron chi connectivity index (χ0n) is 7.33. The van der Waals surface area contributed by atoms with Crippen LogP contribution in [0.2, 0.25) is 0 Å². The molecule has 2 N–H and O–H groups in total. The third kappa shape index (κ3) is 3.67. The topological polar surface area (TPSA) is 46.9 Å². The van der Waals surface area contributed by atoms with Crippen LogP contribution in [0.3, 0.4) is 0 Å². The molecule has 0 fully saturated rings. The van der Waals surface area contributed by atoms with Gasteiger partial charge in [0.05, 0.1) is 19.4 Å². The minimum atomic E-state index is -0.667. The summed E-state index contributed by atoms with van der Waals surface area (Å²) in [6, 6.07) is 0. The minimum absolute atomic E-state index is 0. The monoisotopic (exact) mass is 206 g/mol. The molecule has 0 saturated heterocycles. The first-order valence-electron chi connectivity index (χ1n) is 3.86. The molecule has 1 heterocycles. The lowest BCUT2D eigenvalue weighted by atomic mass is 10.3. The van der Waals surface area contributed by atoms with Crippen LogP contribution in [0.5, 0.6) is 0 Å². The van der Waals surface area contributed by atoms with Crippen LogP contribution >= 0.6 is 12.4 Å². The highest BCUT2D eigenvalue weighted by Crippen LogP contribution is 2.06. The molecule has 1 aliphatic heterocycles. The molecule has 0 aromatic rings. The first-order chi connectivity index (χ1) is 5.76. The van der Waals surface area contributed by atoms with Crippen molar-refractivity contribution in [2.75, 3.05) is 19.8 Å². The third-order valence-electron chi connectivity index (χ3n) is 1.70. The van der Waals surface area contributed by atoms with E-state index in [2.05, 4.69) is 6.58 Å². The van der Waals surface area contributed by atoms with E-state index in [0.29, 0.717) is 13.2 Å². The fourth-order valence-corrected chi connectivity index (χ4v) is 1.05. The van der Waals surface area contributed by atoms with Gasteiger partial charge in [-0.1, -0.05) is 6.58 Å². The van der Waals surface area contributed by atoms with Gasteiger partial charge in [-0.15, -0.1) is 12.4 Å². The Bertz CT molecular complexity index is 187. The van der Waals surface area contributed by atoms with Gasteiger partial charge in [-0.25, -0.2) is 0 Å². The van der Waals surface area contributed by atoms with Gasteiger partial charge in [-0.2, -0.15) is 0 Å². The molecule has 5 heteroatoms. The zero-order chi connectivity index (χ0) is 8.97. The van der Waals surface area contributed by atoms with Crippen LogP contribution in [0.15, 0.2) is 25.2 Å². The lowest BCUT2D eigenvalue weighted by molar-refractivity contribution is 0.0691. The Labute approximate surface area is 84.2 Å². The van der Waals surface area contributed by atoms with Crippen molar-refractivity contribution in [3.05, 3.63) is 25.2 Å². The quantitative estimate of drug-likeness (QED) is 0.677. The van der Waals surface area contributed by atoms with Crippen LogP contribution in [0.4, 0.5) is 0 Å². The molecule has 1 atom stereocenters. The van der Waals surface area contributed by atoms with Crippen LogP contribution in [0.1, 0.15) is 0 Å². The molecular weight excluding hydrogens is 192 g/mol. The number of nitrogens with zero attached hydrogens (tertiary/aromatic N) is 2. The van der Waals surface area contributed by atoms with E-state index in [0.717, 1.165) is 0 Å². The molecule has 76 valence electrons. The molecule has 0 bridgehead atoms. The average Bonchev–Trinajstić information content (AvgIpc) is 2.52. The number of halogens is 1. The molecule has 0 aliphatic carbocycles. The fourth-order valence-electron chi connectivity index (χ4n) is 1.05. The molecule has 0 spiro atoms. The number of aliphatic hydroxyl groups is 2. The number of hydrogen-bond acceptors (Lipinski definition) is 4. The molecule has 1 rings (SSSR count). The highest BCUT2D eigenvalue weighted by molar-refractivity contribution is 5.85. The van der Waals surface area contributed by atoms with Gasteiger partial charge < -0.3 is 20.0 Å². The first kappa shape index (κ1) is 12.3. The van der Waals surface area contributed by atoms with Crippen molar-refractivity contribution >= 4 is 12.4 Å². The fraction of sp³-hybridized carbons (Fsp3) is 0.500. The Morgan fingerprint density at radius 2 is 2.23 bits per heavy atom. The number of β-amino-alcohol motifs (C(OH)–C–C–N with tert-alkyl or cyclic N) is 1.